The maximum Gasteiger partial charge on any atom is 0.261 e. The van der Waals surface area contributed by atoms with Gasteiger partial charge in [-0.05, 0) is 68.4 Å². The van der Waals surface area contributed by atoms with E-state index in [2.05, 4.69) is 10.0 Å². The van der Waals surface area contributed by atoms with E-state index >= 15 is 0 Å². The van der Waals surface area contributed by atoms with Crippen molar-refractivity contribution in [3.05, 3.63) is 59.9 Å². The van der Waals surface area contributed by atoms with Crippen molar-refractivity contribution in [3.63, 3.8) is 0 Å². The first-order valence-electron chi connectivity index (χ1n) is 8.71. The zero-order valence-electron chi connectivity index (χ0n) is 15.4. The predicted molar refractivity (Wildman–Crippen MR) is 109 cm³/mol. The number of halogens is 2. The highest BCUT2D eigenvalue weighted by atomic mass is 35.5. The molecule has 1 aliphatic rings. The van der Waals surface area contributed by atoms with Crippen molar-refractivity contribution in [2.75, 3.05) is 31.4 Å². The van der Waals surface area contributed by atoms with Crippen LogP contribution in [0.25, 0.3) is 0 Å². The Kier molecular flexibility index (Phi) is 7.40. The monoisotopic (exact) mass is 427 g/mol. The largest absolute Gasteiger partial charge is 0.338 e. The second-order valence-corrected chi connectivity index (χ2v) is 8.29. The quantitative estimate of drug-likeness (QED) is 0.743. The van der Waals surface area contributed by atoms with E-state index in [1.807, 2.05) is 7.05 Å². The normalized spacial score (nSPS) is 16.5. The summed E-state index contributed by atoms with van der Waals surface area (Å²) >= 11 is 0. The van der Waals surface area contributed by atoms with Gasteiger partial charge in [0.25, 0.3) is 15.9 Å². The summed E-state index contributed by atoms with van der Waals surface area (Å²) in [5.74, 6) is -0.217. The van der Waals surface area contributed by atoms with Crippen molar-refractivity contribution in [1.82, 2.24) is 10.2 Å². The lowest BCUT2D eigenvalue weighted by atomic mass is 10.1. The van der Waals surface area contributed by atoms with Crippen LogP contribution in [0.15, 0.2) is 53.4 Å². The van der Waals surface area contributed by atoms with Gasteiger partial charge < -0.3 is 10.2 Å². The molecule has 1 amide bonds. The fourth-order valence-electron chi connectivity index (χ4n) is 3.18. The van der Waals surface area contributed by atoms with E-state index in [9.17, 15) is 17.6 Å². The van der Waals surface area contributed by atoms with Crippen molar-refractivity contribution in [2.45, 2.75) is 11.3 Å². The Labute approximate surface area is 170 Å². The van der Waals surface area contributed by atoms with E-state index in [4.69, 9.17) is 0 Å². The standard InChI is InChI=1S/C19H22FN3O3S.ClH/c1-21-12-14-9-10-23(13-14)19(24)15-3-2-4-18(11-15)27(25,26)22-17-7-5-16(20)6-8-17;/h2-8,11,14,21-22H,9-10,12-13H2,1H3;1H. The molecule has 1 atom stereocenters. The number of benzene rings is 2. The van der Waals surface area contributed by atoms with E-state index < -0.39 is 15.8 Å². The molecule has 28 heavy (non-hydrogen) atoms. The highest BCUT2D eigenvalue weighted by Crippen LogP contribution is 2.21. The van der Waals surface area contributed by atoms with Gasteiger partial charge in [-0.2, -0.15) is 0 Å². The molecule has 0 radical (unpaired) electrons. The van der Waals surface area contributed by atoms with Gasteiger partial charge in [-0.3, -0.25) is 9.52 Å². The Morgan fingerprint density at radius 2 is 1.93 bits per heavy atom. The first-order chi connectivity index (χ1) is 12.9. The number of sulfonamides is 1. The molecule has 2 aromatic carbocycles. The third-order valence-electron chi connectivity index (χ3n) is 4.55. The van der Waals surface area contributed by atoms with E-state index in [0.717, 1.165) is 13.0 Å². The lowest BCUT2D eigenvalue weighted by molar-refractivity contribution is 0.0787. The summed E-state index contributed by atoms with van der Waals surface area (Å²) in [5.41, 5.74) is 0.588. The van der Waals surface area contributed by atoms with Crippen LogP contribution in [0.2, 0.25) is 0 Å². The third-order valence-corrected chi connectivity index (χ3v) is 5.93. The zero-order valence-corrected chi connectivity index (χ0v) is 17.0. The first-order valence-corrected chi connectivity index (χ1v) is 10.2. The Balaban J connectivity index is 0.00000280. The van der Waals surface area contributed by atoms with Gasteiger partial charge in [-0.15, -0.1) is 12.4 Å². The molecule has 6 nitrogen and oxygen atoms in total. The molecular formula is C19H23ClFN3O3S. The summed E-state index contributed by atoms with van der Waals surface area (Å²) in [6.45, 7) is 2.17. The molecule has 0 aliphatic carbocycles. The molecule has 3 rings (SSSR count). The number of likely N-dealkylation sites (tertiary alicyclic amines) is 1. The van der Waals surface area contributed by atoms with Crippen molar-refractivity contribution >= 4 is 34.0 Å². The van der Waals surface area contributed by atoms with Crippen LogP contribution in [0.5, 0.6) is 0 Å². The van der Waals surface area contributed by atoms with Crippen LogP contribution in [0.4, 0.5) is 10.1 Å². The number of carbonyl (C=O) groups is 1. The number of anilines is 1. The topological polar surface area (TPSA) is 78.5 Å². The zero-order chi connectivity index (χ0) is 19.4. The number of amides is 1. The molecule has 1 unspecified atom stereocenters. The lowest BCUT2D eigenvalue weighted by Crippen LogP contribution is -2.30. The summed E-state index contributed by atoms with van der Waals surface area (Å²) in [6, 6.07) is 11.0. The smallest absolute Gasteiger partial charge is 0.261 e. The summed E-state index contributed by atoms with van der Waals surface area (Å²) in [4.78, 5) is 14.5. The summed E-state index contributed by atoms with van der Waals surface area (Å²) in [7, 11) is -2.00. The number of nitrogens with one attached hydrogen (secondary N) is 2. The molecule has 1 heterocycles. The molecule has 0 saturated carbocycles. The Hall–Kier alpha value is -2.16. The Morgan fingerprint density at radius 1 is 1.21 bits per heavy atom. The van der Waals surface area contributed by atoms with Crippen LogP contribution in [0.3, 0.4) is 0 Å². The molecular weight excluding hydrogens is 405 g/mol. The molecule has 1 aliphatic heterocycles. The van der Waals surface area contributed by atoms with Gasteiger partial charge in [0.15, 0.2) is 0 Å². The summed E-state index contributed by atoms with van der Waals surface area (Å²) in [5, 5.41) is 3.12. The average Bonchev–Trinajstić information content (AvgIpc) is 3.12. The van der Waals surface area contributed by atoms with E-state index in [1.165, 1.54) is 36.4 Å². The van der Waals surface area contributed by atoms with Gasteiger partial charge in [0, 0.05) is 24.3 Å². The lowest BCUT2D eigenvalue weighted by Gasteiger charge is -2.17. The van der Waals surface area contributed by atoms with E-state index in [-0.39, 0.29) is 28.9 Å². The van der Waals surface area contributed by atoms with Gasteiger partial charge in [0.05, 0.1) is 4.90 Å². The molecule has 1 fully saturated rings. The van der Waals surface area contributed by atoms with Crippen molar-refractivity contribution in [2.24, 2.45) is 5.92 Å². The van der Waals surface area contributed by atoms with Gasteiger partial charge in [-0.1, -0.05) is 6.07 Å². The number of hydrogen-bond donors (Lipinski definition) is 2. The minimum atomic E-state index is -3.88. The average molecular weight is 428 g/mol. The minimum Gasteiger partial charge on any atom is -0.338 e. The summed E-state index contributed by atoms with van der Waals surface area (Å²) < 4.78 is 40.5. The predicted octanol–water partition coefficient (Wildman–Crippen LogP) is 2.73. The number of hydrogen-bond acceptors (Lipinski definition) is 4. The molecule has 1 saturated heterocycles. The molecule has 9 heteroatoms. The van der Waals surface area contributed by atoms with Crippen molar-refractivity contribution in [1.29, 1.82) is 0 Å². The molecule has 0 spiro atoms. The molecule has 0 aromatic heterocycles. The van der Waals surface area contributed by atoms with Crippen LogP contribution in [0.1, 0.15) is 16.8 Å². The van der Waals surface area contributed by atoms with Gasteiger partial charge in [0.1, 0.15) is 5.82 Å². The molecule has 152 valence electrons. The Morgan fingerprint density at radius 3 is 2.61 bits per heavy atom. The number of nitrogens with zero attached hydrogens (tertiary/aromatic N) is 1. The van der Waals surface area contributed by atoms with Gasteiger partial charge in [-0.25, -0.2) is 12.8 Å². The van der Waals surface area contributed by atoms with Crippen LogP contribution < -0.4 is 10.0 Å². The highest BCUT2D eigenvalue weighted by molar-refractivity contribution is 7.92. The number of rotatable bonds is 6. The maximum atomic E-state index is 13.0. The second-order valence-electron chi connectivity index (χ2n) is 6.60. The van der Waals surface area contributed by atoms with Crippen molar-refractivity contribution in [3.8, 4) is 0 Å². The fraction of sp³-hybridized carbons (Fsp3) is 0.316. The molecule has 2 N–H and O–H groups in total. The second kappa shape index (κ2) is 9.36. The van der Waals surface area contributed by atoms with Crippen molar-refractivity contribution < 1.29 is 17.6 Å². The van der Waals surface area contributed by atoms with Gasteiger partial charge in [0.2, 0.25) is 0 Å². The molecule has 0 bridgehead atoms. The SMILES string of the molecule is CNCC1CCN(C(=O)c2cccc(S(=O)(=O)Nc3ccc(F)cc3)c2)C1.Cl. The Bertz CT molecular complexity index is 922. The van der Waals surface area contributed by atoms with Crippen LogP contribution >= 0.6 is 12.4 Å². The third kappa shape index (κ3) is 5.21. The number of carbonyl (C=O) groups excluding carboxylic acids is 1. The maximum absolute atomic E-state index is 13.0. The van der Waals surface area contributed by atoms with E-state index in [0.29, 0.717) is 24.6 Å². The van der Waals surface area contributed by atoms with E-state index in [1.54, 1.807) is 17.0 Å². The van der Waals surface area contributed by atoms with Crippen LogP contribution in [-0.2, 0) is 10.0 Å². The van der Waals surface area contributed by atoms with Crippen LogP contribution in [0, 0.1) is 11.7 Å². The minimum absolute atomic E-state index is 0. The highest BCUT2D eigenvalue weighted by Gasteiger charge is 2.27. The van der Waals surface area contributed by atoms with Gasteiger partial charge >= 0.3 is 0 Å². The molecule has 2 aromatic rings. The first kappa shape index (κ1) is 22.1. The fourth-order valence-corrected chi connectivity index (χ4v) is 4.29. The summed E-state index contributed by atoms with van der Waals surface area (Å²) in [6.07, 6.45) is 0.927. The van der Waals surface area contributed by atoms with Crippen LogP contribution in [-0.4, -0.2) is 45.9 Å².